The molecule has 0 amide bonds. The van der Waals surface area contributed by atoms with Crippen molar-refractivity contribution < 1.29 is 9.90 Å². The standard InChI is InChI=1S/C16H16N4O3/c1-9-14-13(15(21)20(17-9)11(3)16(22)23)10(2)19(18-14)12-7-5-4-6-8-12/h4-8,11H,1-3H3,(H,22,23). The zero-order valence-corrected chi connectivity index (χ0v) is 13.0. The molecule has 0 spiro atoms. The zero-order valence-electron chi connectivity index (χ0n) is 13.0. The first-order chi connectivity index (χ1) is 10.9. The van der Waals surface area contributed by atoms with E-state index in [0.29, 0.717) is 22.3 Å². The van der Waals surface area contributed by atoms with Crippen LogP contribution in [-0.4, -0.2) is 30.6 Å². The predicted octanol–water partition coefficient (Wildman–Crippen LogP) is 1.84. The molecule has 0 aliphatic heterocycles. The Morgan fingerprint density at radius 1 is 1.17 bits per heavy atom. The summed E-state index contributed by atoms with van der Waals surface area (Å²) in [6, 6.07) is 8.41. The number of para-hydroxylation sites is 1. The Balaban J connectivity index is 2.34. The summed E-state index contributed by atoms with van der Waals surface area (Å²) in [7, 11) is 0. The van der Waals surface area contributed by atoms with Crippen LogP contribution in [0.4, 0.5) is 0 Å². The second kappa shape index (κ2) is 5.35. The number of fused-ring (bicyclic) bond motifs is 1. The number of aromatic nitrogens is 4. The van der Waals surface area contributed by atoms with Gasteiger partial charge in [-0.25, -0.2) is 14.2 Å². The van der Waals surface area contributed by atoms with E-state index in [0.717, 1.165) is 10.4 Å². The number of hydrogen-bond acceptors (Lipinski definition) is 4. The van der Waals surface area contributed by atoms with Gasteiger partial charge in [0.15, 0.2) is 6.04 Å². The van der Waals surface area contributed by atoms with Crippen molar-refractivity contribution in [1.29, 1.82) is 0 Å². The summed E-state index contributed by atoms with van der Waals surface area (Å²) in [5.41, 5.74) is 2.06. The molecule has 0 aliphatic carbocycles. The molecule has 1 N–H and O–H groups in total. The van der Waals surface area contributed by atoms with E-state index in [-0.39, 0.29) is 0 Å². The van der Waals surface area contributed by atoms with E-state index in [1.54, 1.807) is 18.5 Å². The number of benzene rings is 1. The number of hydrogen-bond donors (Lipinski definition) is 1. The second-order valence-corrected chi connectivity index (χ2v) is 5.41. The molecule has 0 aliphatic rings. The molecule has 0 bridgehead atoms. The van der Waals surface area contributed by atoms with Crippen LogP contribution in [0.2, 0.25) is 0 Å². The Kier molecular flexibility index (Phi) is 3.48. The molecule has 7 nitrogen and oxygen atoms in total. The third-order valence-electron chi connectivity index (χ3n) is 3.86. The zero-order chi connectivity index (χ0) is 16.7. The van der Waals surface area contributed by atoms with Gasteiger partial charge < -0.3 is 5.11 Å². The predicted molar refractivity (Wildman–Crippen MR) is 84.9 cm³/mol. The quantitative estimate of drug-likeness (QED) is 0.797. The monoisotopic (exact) mass is 312 g/mol. The summed E-state index contributed by atoms with van der Waals surface area (Å²) in [5, 5.41) is 18.2. The van der Waals surface area contributed by atoms with Gasteiger partial charge in [-0.2, -0.15) is 10.2 Å². The summed E-state index contributed by atoms with van der Waals surface area (Å²) < 4.78 is 2.68. The minimum absolute atomic E-state index is 0.398. The van der Waals surface area contributed by atoms with Gasteiger partial charge in [0, 0.05) is 0 Å². The number of carboxylic acids is 1. The van der Waals surface area contributed by atoms with Gasteiger partial charge in [0.25, 0.3) is 5.56 Å². The van der Waals surface area contributed by atoms with Crippen molar-refractivity contribution in [3.8, 4) is 5.69 Å². The SMILES string of the molecule is Cc1nn(C(C)C(=O)O)c(=O)c2c(C)n(-c3ccccc3)nc12. The molecule has 3 rings (SSSR count). The number of aryl methyl sites for hydroxylation is 2. The summed E-state index contributed by atoms with van der Waals surface area (Å²) in [4.78, 5) is 23.9. The fraction of sp³-hybridized carbons (Fsp3) is 0.250. The summed E-state index contributed by atoms with van der Waals surface area (Å²) in [6.45, 7) is 4.94. The van der Waals surface area contributed by atoms with Crippen LogP contribution in [0.1, 0.15) is 24.4 Å². The van der Waals surface area contributed by atoms with Crippen molar-refractivity contribution in [2.75, 3.05) is 0 Å². The minimum Gasteiger partial charge on any atom is -0.480 e. The largest absolute Gasteiger partial charge is 0.480 e. The number of carbonyl (C=O) groups is 1. The maximum atomic E-state index is 12.7. The van der Waals surface area contributed by atoms with E-state index in [1.807, 2.05) is 30.3 Å². The molecular weight excluding hydrogens is 296 g/mol. The third-order valence-corrected chi connectivity index (χ3v) is 3.86. The Morgan fingerprint density at radius 2 is 1.83 bits per heavy atom. The van der Waals surface area contributed by atoms with E-state index in [1.165, 1.54) is 6.92 Å². The maximum Gasteiger partial charge on any atom is 0.328 e. The highest BCUT2D eigenvalue weighted by molar-refractivity contribution is 5.83. The van der Waals surface area contributed by atoms with Gasteiger partial charge in [-0.1, -0.05) is 18.2 Å². The van der Waals surface area contributed by atoms with Gasteiger partial charge in [0.2, 0.25) is 0 Å². The van der Waals surface area contributed by atoms with Crippen LogP contribution in [0.3, 0.4) is 0 Å². The van der Waals surface area contributed by atoms with Crippen LogP contribution in [0, 0.1) is 13.8 Å². The Bertz CT molecular complexity index is 957. The van der Waals surface area contributed by atoms with E-state index in [9.17, 15) is 9.59 Å². The molecule has 0 radical (unpaired) electrons. The molecule has 0 saturated carbocycles. The van der Waals surface area contributed by atoms with Crippen LogP contribution >= 0.6 is 0 Å². The average molecular weight is 312 g/mol. The summed E-state index contributed by atoms with van der Waals surface area (Å²) >= 11 is 0. The molecule has 3 aromatic rings. The lowest BCUT2D eigenvalue weighted by molar-refractivity contribution is -0.140. The topological polar surface area (TPSA) is 90.0 Å². The Labute approximate surface area is 131 Å². The molecule has 1 atom stereocenters. The first-order valence-electron chi connectivity index (χ1n) is 7.18. The van der Waals surface area contributed by atoms with Crippen molar-refractivity contribution in [3.05, 3.63) is 52.1 Å². The van der Waals surface area contributed by atoms with Crippen molar-refractivity contribution >= 4 is 16.9 Å². The third kappa shape index (κ3) is 2.30. The summed E-state index contributed by atoms with van der Waals surface area (Å²) in [5.74, 6) is -1.11. The lowest BCUT2D eigenvalue weighted by atomic mass is 10.2. The molecule has 1 aromatic carbocycles. The van der Waals surface area contributed by atoms with Crippen LogP contribution in [-0.2, 0) is 4.79 Å². The van der Waals surface area contributed by atoms with E-state index in [2.05, 4.69) is 10.2 Å². The molecule has 0 saturated heterocycles. The normalized spacial score (nSPS) is 12.5. The number of carboxylic acid groups (broad SMARTS) is 1. The molecular formula is C16H16N4O3. The highest BCUT2D eigenvalue weighted by Gasteiger charge is 2.22. The van der Waals surface area contributed by atoms with Crippen LogP contribution in [0.25, 0.3) is 16.6 Å². The van der Waals surface area contributed by atoms with Gasteiger partial charge >= 0.3 is 5.97 Å². The first-order valence-corrected chi connectivity index (χ1v) is 7.18. The molecule has 1 unspecified atom stereocenters. The fourth-order valence-electron chi connectivity index (χ4n) is 2.57. The van der Waals surface area contributed by atoms with Crippen molar-refractivity contribution in [1.82, 2.24) is 19.6 Å². The van der Waals surface area contributed by atoms with Gasteiger partial charge in [-0.15, -0.1) is 0 Å². The van der Waals surface area contributed by atoms with Gasteiger partial charge in [-0.3, -0.25) is 4.79 Å². The molecule has 23 heavy (non-hydrogen) atoms. The van der Waals surface area contributed by atoms with E-state index >= 15 is 0 Å². The second-order valence-electron chi connectivity index (χ2n) is 5.41. The highest BCUT2D eigenvalue weighted by atomic mass is 16.4. The molecule has 2 aromatic heterocycles. The Morgan fingerprint density at radius 3 is 2.43 bits per heavy atom. The number of nitrogens with zero attached hydrogens (tertiary/aromatic N) is 4. The molecule has 7 heteroatoms. The van der Waals surface area contributed by atoms with Crippen molar-refractivity contribution in [3.63, 3.8) is 0 Å². The molecule has 118 valence electrons. The van der Waals surface area contributed by atoms with Crippen LogP contribution < -0.4 is 5.56 Å². The van der Waals surface area contributed by atoms with Crippen LogP contribution in [0.15, 0.2) is 35.1 Å². The number of aliphatic carboxylic acids is 1. The fourth-order valence-corrected chi connectivity index (χ4v) is 2.57. The first kappa shape index (κ1) is 15.0. The van der Waals surface area contributed by atoms with Crippen LogP contribution in [0.5, 0.6) is 0 Å². The Hall–Kier alpha value is -2.96. The highest BCUT2D eigenvalue weighted by Crippen LogP contribution is 2.20. The summed E-state index contributed by atoms with van der Waals surface area (Å²) in [6.07, 6.45) is 0. The minimum atomic E-state index is -1.11. The van der Waals surface area contributed by atoms with Gasteiger partial charge in [0.05, 0.1) is 22.5 Å². The number of rotatable bonds is 3. The van der Waals surface area contributed by atoms with Gasteiger partial charge in [-0.05, 0) is 32.9 Å². The van der Waals surface area contributed by atoms with E-state index < -0.39 is 17.6 Å². The van der Waals surface area contributed by atoms with Crippen molar-refractivity contribution in [2.24, 2.45) is 0 Å². The lowest BCUT2D eigenvalue weighted by Gasteiger charge is -2.10. The smallest absolute Gasteiger partial charge is 0.328 e. The molecule has 0 fully saturated rings. The van der Waals surface area contributed by atoms with Crippen molar-refractivity contribution in [2.45, 2.75) is 26.8 Å². The van der Waals surface area contributed by atoms with Gasteiger partial charge in [0.1, 0.15) is 5.52 Å². The average Bonchev–Trinajstić information content (AvgIpc) is 2.89. The molecule has 2 heterocycles. The van der Waals surface area contributed by atoms with E-state index in [4.69, 9.17) is 5.11 Å². The maximum absolute atomic E-state index is 12.7. The lowest BCUT2D eigenvalue weighted by Crippen LogP contribution is -2.31.